The molecule has 0 fully saturated rings. The minimum Gasteiger partial charge on any atom is -0.304 e. The lowest BCUT2D eigenvalue weighted by Gasteiger charge is -2.01. The first-order valence-corrected chi connectivity index (χ1v) is 5.34. The minimum absolute atomic E-state index is 0.278. The zero-order valence-electron chi connectivity index (χ0n) is 7.48. The summed E-state index contributed by atoms with van der Waals surface area (Å²) < 4.78 is 0. The van der Waals surface area contributed by atoms with Crippen LogP contribution in [0.4, 0.5) is 5.82 Å². The molecular formula is C9H6ClN3OS. The van der Waals surface area contributed by atoms with E-state index in [1.54, 1.807) is 23.7 Å². The summed E-state index contributed by atoms with van der Waals surface area (Å²) in [6, 6.07) is 3.22. The molecule has 0 spiro atoms. The summed E-state index contributed by atoms with van der Waals surface area (Å²) in [4.78, 5) is 19.4. The smallest absolute Gasteiger partial charge is 0.285 e. The van der Waals surface area contributed by atoms with Gasteiger partial charge in [-0.15, -0.1) is 11.3 Å². The van der Waals surface area contributed by atoms with E-state index in [4.69, 9.17) is 11.6 Å². The molecular weight excluding hydrogens is 234 g/mol. The Morgan fingerprint density at radius 2 is 2.27 bits per heavy atom. The van der Waals surface area contributed by atoms with Gasteiger partial charge in [-0.1, -0.05) is 11.6 Å². The van der Waals surface area contributed by atoms with E-state index in [2.05, 4.69) is 15.3 Å². The Kier molecular flexibility index (Phi) is 2.94. The summed E-state index contributed by atoms with van der Waals surface area (Å²) in [5.74, 6) is 0.141. The summed E-state index contributed by atoms with van der Waals surface area (Å²) >= 11 is 7.02. The second-order valence-electron chi connectivity index (χ2n) is 2.65. The maximum atomic E-state index is 11.5. The molecule has 15 heavy (non-hydrogen) atoms. The van der Waals surface area contributed by atoms with Crippen LogP contribution in [0.5, 0.6) is 0 Å². The van der Waals surface area contributed by atoms with Crippen molar-refractivity contribution in [3.05, 3.63) is 39.9 Å². The molecule has 0 aromatic carbocycles. The van der Waals surface area contributed by atoms with Crippen LogP contribution < -0.4 is 5.32 Å². The number of halogens is 1. The van der Waals surface area contributed by atoms with E-state index in [0.717, 1.165) is 0 Å². The van der Waals surface area contributed by atoms with Crippen LogP contribution in [0.25, 0.3) is 0 Å². The fourth-order valence-electron chi connectivity index (χ4n) is 0.978. The Labute approximate surface area is 94.9 Å². The third-order valence-electron chi connectivity index (χ3n) is 1.59. The quantitative estimate of drug-likeness (QED) is 0.876. The van der Waals surface area contributed by atoms with Crippen molar-refractivity contribution in [2.75, 3.05) is 5.32 Å². The topological polar surface area (TPSA) is 54.9 Å². The predicted octanol–water partition coefficient (Wildman–Crippen LogP) is 2.44. The van der Waals surface area contributed by atoms with Gasteiger partial charge in [-0.2, -0.15) is 0 Å². The van der Waals surface area contributed by atoms with Crippen LogP contribution in [0.1, 0.15) is 9.80 Å². The third-order valence-corrected chi connectivity index (χ3v) is 2.60. The highest BCUT2D eigenvalue weighted by Gasteiger charge is 2.08. The lowest BCUT2D eigenvalue weighted by molar-refractivity contribution is 0.102. The molecule has 0 aliphatic rings. The van der Waals surface area contributed by atoms with Crippen LogP contribution in [-0.4, -0.2) is 15.9 Å². The van der Waals surface area contributed by atoms with Gasteiger partial charge < -0.3 is 5.32 Å². The lowest BCUT2D eigenvalue weighted by atomic mass is 10.4. The Hall–Kier alpha value is -1.46. The van der Waals surface area contributed by atoms with Crippen molar-refractivity contribution in [2.45, 2.75) is 0 Å². The molecule has 2 heterocycles. The first kappa shape index (κ1) is 10.1. The van der Waals surface area contributed by atoms with Gasteiger partial charge in [-0.25, -0.2) is 9.97 Å². The van der Waals surface area contributed by atoms with Crippen LogP contribution in [0.15, 0.2) is 29.9 Å². The number of pyridine rings is 1. The molecule has 0 saturated carbocycles. The minimum atomic E-state index is -0.278. The molecule has 1 amide bonds. The van der Waals surface area contributed by atoms with Gasteiger partial charge in [0, 0.05) is 22.8 Å². The number of carbonyl (C=O) groups is 1. The highest BCUT2D eigenvalue weighted by molar-refractivity contribution is 7.11. The number of carbonyl (C=O) groups excluding carboxylic acids is 1. The van der Waals surface area contributed by atoms with Gasteiger partial charge in [0.15, 0.2) is 5.01 Å². The summed E-state index contributed by atoms with van der Waals surface area (Å²) in [7, 11) is 0. The summed E-state index contributed by atoms with van der Waals surface area (Å²) in [5, 5.41) is 5.26. The van der Waals surface area contributed by atoms with E-state index in [0.29, 0.717) is 15.8 Å². The zero-order chi connectivity index (χ0) is 10.7. The first-order valence-electron chi connectivity index (χ1n) is 4.08. The lowest BCUT2D eigenvalue weighted by Crippen LogP contribution is -2.12. The number of aromatic nitrogens is 2. The molecule has 0 saturated heterocycles. The fourth-order valence-corrected chi connectivity index (χ4v) is 1.67. The first-order chi connectivity index (χ1) is 7.25. The Bertz CT molecular complexity index is 472. The van der Waals surface area contributed by atoms with Crippen LogP contribution in [0.3, 0.4) is 0 Å². The van der Waals surface area contributed by atoms with Crippen molar-refractivity contribution in [3.63, 3.8) is 0 Å². The van der Waals surface area contributed by atoms with E-state index in [-0.39, 0.29) is 5.91 Å². The molecule has 0 aliphatic heterocycles. The van der Waals surface area contributed by atoms with Crippen LogP contribution in [-0.2, 0) is 0 Å². The standard InChI is InChI=1S/C9H6ClN3OS/c10-6-1-2-11-7(5-6)13-8(14)9-12-3-4-15-9/h1-5H,(H,11,13,14). The average molecular weight is 240 g/mol. The molecule has 6 heteroatoms. The number of rotatable bonds is 2. The number of nitrogens with one attached hydrogen (secondary N) is 1. The van der Waals surface area contributed by atoms with Crippen molar-refractivity contribution in [1.29, 1.82) is 0 Å². The van der Waals surface area contributed by atoms with Crippen molar-refractivity contribution in [1.82, 2.24) is 9.97 Å². The van der Waals surface area contributed by atoms with Crippen molar-refractivity contribution in [2.24, 2.45) is 0 Å². The monoisotopic (exact) mass is 239 g/mol. The van der Waals surface area contributed by atoms with E-state index in [1.807, 2.05) is 0 Å². The van der Waals surface area contributed by atoms with Gasteiger partial charge in [0.1, 0.15) is 5.82 Å². The molecule has 76 valence electrons. The van der Waals surface area contributed by atoms with Crippen molar-refractivity contribution in [3.8, 4) is 0 Å². The highest BCUT2D eigenvalue weighted by Crippen LogP contribution is 2.13. The molecule has 4 nitrogen and oxygen atoms in total. The number of hydrogen-bond donors (Lipinski definition) is 1. The SMILES string of the molecule is O=C(Nc1cc(Cl)ccn1)c1nccs1. The fraction of sp³-hybridized carbons (Fsp3) is 0. The van der Waals surface area contributed by atoms with E-state index < -0.39 is 0 Å². The molecule has 2 rings (SSSR count). The molecule has 2 aromatic heterocycles. The van der Waals surface area contributed by atoms with Gasteiger partial charge >= 0.3 is 0 Å². The molecule has 0 radical (unpaired) electrons. The normalized spacial score (nSPS) is 9.93. The zero-order valence-corrected chi connectivity index (χ0v) is 9.05. The largest absolute Gasteiger partial charge is 0.304 e. The average Bonchev–Trinajstić information content (AvgIpc) is 2.70. The van der Waals surface area contributed by atoms with Crippen LogP contribution in [0.2, 0.25) is 5.02 Å². The van der Waals surface area contributed by atoms with Gasteiger partial charge in [0.25, 0.3) is 5.91 Å². The summed E-state index contributed by atoms with van der Waals surface area (Å²) in [6.45, 7) is 0. The molecule has 2 aromatic rings. The molecule has 0 bridgehead atoms. The van der Waals surface area contributed by atoms with Gasteiger partial charge in [0.05, 0.1) is 0 Å². The van der Waals surface area contributed by atoms with Crippen LogP contribution in [0, 0.1) is 0 Å². The van der Waals surface area contributed by atoms with Crippen molar-refractivity contribution >= 4 is 34.7 Å². The van der Waals surface area contributed by atoms with Gasteiger partial charge in [-0.3, -0.25) is 4.79 Å². The highest BCUT2D eigenvalue weighted by atomic mass is 35.5. The molecule has 0 aliphatic carbocycles. The van der Waals surface area contributed by atoms with E-state index in [1.165, 1.54) is 17.5 Å². The summed E-state index contributed by atoms with van der Waals surface area (Å²) in [5.41, 5.74) is 0. The number of hydrogen-bond acceptors (Lipinski definition) is 4. The Morgan fingerprint density at radius 3 is 2.93 bits per heavy atom. The van der Waals surface area contributed by atoms with Gasteiger partial charge in [0.2, 0.25) is 0 Å². The van der Waals surface area contributed by atoms with E-state index in [9.17, 15) is 4.79 Å². The Balaban J connectivity index is 2.13. The van der Waals surface area contributed by atoms with Crippen molar-refractivity contribution < 1.29 is 4.79 Å². The Morgan fingerprint density at radius 1 is 1.40 bits per heavy atom. The van der Waals surface area contributed by atoms with Crippen LogP contribution >= 0.6 is 22.9 Å². The number of amides is 1. The molecule has 0 unspecified atom stereocenters. The second-order valence-corrected chi connectivity index (χ2v) is 3.98. The maximum Gasteiger partial charge on any atom is 0.285 e. The molecule has 1 N–H and O–H groups in total. The third kappa shape index (κ3) is 2.51. The summed E-state index contributed by atoms with van der Waals surface area (Å²) in [6.07, 6.45) is 3.10. The van der Waals surface area contributed by atoms with Gasteiger partial charge in [-0.05, 0) is 12.1 Å². The number of nitrogens with zero attached hydrogens (tertiary/aromatic N) is 2. The predicted molar refractivity (Wildman–Crippen MR) is 59.3 cm³/mol. The maximum absolute atomic E-state index is 11.5. The molecule has 0 atom stereocenters. The second kappa shape index (κ2) is 4.37. The number of anilines is 1. The van der Waals surface area contributed by atoms with E-state index >= 15 is 0 Å². The number of thiazole rings is 1.